The van der Waals surface area contributed by atoms with Crippen molar-refractivity contribution in [1.29, 1.82) is 0 Å². The van der Waals surface area contributed by atoms with Gasteiger partial charge < -0.3 is 5.11 Å². The summed E-state index contributed by atoms with van der Waals surface area (Å²) in [6.07, 6.45) is 6.29. The van der Waals surface area contributed by atoms with E-state index in [0.717, 1.165) is 31.2 Å². The molecule has 0 heterocycles. The molecule has 112 valence electrons. The molecule has 0 aliphatic heterocycles. The second-order valence-electron chi connectivity index (χ2n) is 5.60. The zero-order chi connectivity index (χ0) is 14.4. The molecule has 1 aliphatic rings. The first-order valence-electron chi connectivity index (χ1n) is 7.30. The van der Waals surface area contributed by atoms with Gasteiger partial charge in [0.05, 0.1) is 5.75 Å². The Morgan fingerprint density at radius 2 is 1.75 bits per heavy atom. The Bertz CT molecular complexity index is 504. The van der Waals surface area contributed by atoms with Crippen molar-refractivity contribution in [2.45, 2.75) is 38.5 Å². The molecule has 0 amide bonds. The first kappa shape index (κ1) is 15.3. The van der Waals surface area contributed by atoms with Crippen molar-refractivity contribution in [3.63, 3.8) is 0 Å². The van der Waals surface area contributed by atoms with E-state index in [1.54, 1.807) is 12.1 Å². The van der Waals surface area contributed by atoms with Crippen molar-refractivity contribution in [3.8, 4) is 5.75 Å². The minimum absolute atomic E-state index is 0.228. The fraction of sp³-hybridized carbons (Fsp3) is 0.600. The van der Waals surface area contributed by atoms with Gasteiger partial charge in [-0.1, -0.05) is 31.4 Å². The molecule has 4 nitrogen and oxygen atoms in total. The second kappa shape index (κ2) is 7.09. The Labute approximate surface area is 121 Å². The third-order valence-electron chi connectivity index (χ3n) is 3.85. The molecule has 2 rings (SSSR count). The summed E-state index contributed by atoms with van der Waals surface area (Å²) in [5.74, 6) is 0.823. The van der Waals surface area contributed by atoms with E-state index in [2.05, 4.69) is 4.72 Å². The summed E-state index contributed by atoms with van der Waals surface area (Å²) in [6, 6.07) is 6.85. The summed E-state index contributed by atoms with van der Waals surface area (Å²) in [6.45, 7) is 0.416. The van der Waals surface area contributed by atoms with E-state index in [0.29, 0.717) is 18.9 Å². The normalized spacial score (nSPS) is 17.2. The highest BCUT2D eigenvalue weighted by atomic mass is 32.2. The highest BCUT2D eigenvalue weighted by Crippen LogP contribution is 2.24. The van der Waals surface area contributed by atoms with Gasteiger partial charge in [0.15, 0.2) is 0 Å². The number of phenols is 1. The molecule has 2 N–H and O–H groups in total. The van der Waals surface area contributed by atoms with Crippen molar-refractivity contribution in [2.75, 3.05) is 12.3 Å². The molecule has 0 saturated heterocycles. The van der Waals surface area contributed by atoms with Crippen molar-refractivity contribution < 1.29 is 13.5 Å². The van der Waals surface area contributed by atoms with E-state index in [1.807, 2.05) is 12.1 Å². The number of phenolic OH excluding ortho intramolecular Hbond substituents is 1. The number of nitrogens with one attached hydrogen (secondary N) is 1. The largest absolute Gasteiger partial charge is 0.508 e. The average molecular weight is 297 g/mol. The molecule has 1 fully saturated rings. The van der Waals surface area contributed by atoms with Crippen LogP contribution in [0.3, 0.4) is 0 Å². The Morgan fingerprint density at radius 1 is 1.10 bits per heavy atom. The zero-order valence-electron chi connectivity index (χ0n) is 11.7. The Balaban J connectivity index is 1.75. The van der Waals surface area contributed by atoms with Gasteiger partial charge in [-0.25, -0.2) is 13.1 Å². The lowest BCUT2D eigenvalue weighted by Gasteiger charge is -2.21. The van der Waals surface area contributed by atoms with Gasteiger partial charge in [-0.2, -0.15) is 0 Å². The monoisotopic (exact) mass is 297 g/mol. The van der Waals surface area contributed by atoms with Gasteiger partial charge in [0.1, 0.15) is 5.75 Å². The zero-order valence-corrected chi connectivity index (χ0v) is 12.5. The molecule has 1 aromatic carbocycles. The van der Waals surface area contributed by atoms with E-state index >= 15 is 0 Å². The third-order valence-corrected chi connectivity index (χ3v) is 5.41. The van der Waals surface area contributed by atoms with Gasteiger partial charge in [0.2, 0.25) is 10.0 Å². The number of rotatable bonds is 6. The molecule has 5 heteroatoms. The number of benzene rings is 1. The predicted molar refractivity (Wildman–Crippen MR) is 80.2 cm³/mol. The summed E-state index contributed by atoms with van der Waals surface area (Å²) in [4.78, 5) is 0. The molecular weight excluding hydrogens is 274 g/mol. The van der Waals surface area contributed by atoms with Crippen LogP contribution in [0.2, 0.25) is 0 Å². The van der Waals surface area contributed by atoms with Crippen molar-refractivity contribution in [3.05, 3.63) is 29.8 Å². The summed E-state index contributed by atoms with van der Waals surface area (Å²) in [5.41, 5.74) is 1.02. The molecule has 0 aromatic heterocycles. The molecular formula is C15H23NO3S. The van der Waals surface area contributed by atoms with Crippen LogP contribution in [0.1, 0.15) is 37.7 Å². The Kier molecular flexibility index (Phi) is 5.43. The molecule has 1 aliphatic carbocycles. The summed E-state index contributed by atoms with van der Waals surface area (Å²) in [5, 5.41) is 9.18. The molecule has 0 spiro atoms. The van der Waals surface area contributed by atoms with Crippen LogP contribution in [-0.2, 0) is 16.4 Å². The summed E-state index contributed by atoms with van der Waals surface area (Å²) in [7, 11) is -3.16. The highest BCUT2D eigenvalue weighted by molar-refractivity contribution is 7.89. The number of hydrogen-bond donors (Lipinski definition) is 2. The average Bonchev–Trinajstić information content (AvgIpc) is 2.41. The minimum Gasteiger partial charge on any atom is -0.508 e. The van der Waals surface area contributed by atoms with Crippen LogP contribution in [0.25, 0.3) is 0 Å². The van der Waals surface area contributed by atoms with Crippen molar-refractivity contribution in [2.24, 2.45) is 5.92 Å². The molecule has 0 atom stereocenters. The highest BCUT2D eigenvalue weighted by Gasteiger charge is 2.20. The smallest absolute Gasteiger partial charge is 0.211 e. The van der Waals surface area contributed by atoms with Crippen LogP contribution < -0.4 is 4.72 Å². The van der Waals surface area contributed by atoms with Gasteiger partial charge in [-0.3, -0.25) is 0 Å². The van der Waals surface area contributed by atoms with E-state index in [9.17, 15) is 13.5 Å². The molecule has 0 bridgehead atoms. The van der Waals surface area contributed by atoms with Crippen molar-refractivity contribution >= 4 is 10.0 Å². The first-order chi connectivity index (χ1) is 9.55. The molecule has 20 heavy (non-hydrogen) atoms. The van der Waals surface area contributed by atoms with Crippen LogP contribution >= 0.6 is 0 Å². The maximum absolute atomic E-state index is 12.0. The van der Waals surface area contributed by atoms with Gasteiger partial charge in [-0.15, -0.1) is 0 Å². The summed E-state index contributed by atoms with van der Waals surface area (Å²) < 4.78 is 26.7. The number of hydrogen-bond acceptors (Lipinski definition) is 3. The lowest BCUT2D eigenvalue weighted by Crippen LogP contribution is -2.32. The van der Waals surface area contributed by atoms with Gasteiger partial charge in [0, 0.05) is 6.54 Å². The van der Waals surface area contributed by atoms with Crippen LogP contribution in [0.4, 0.5) is 0 Å². The van der Waals surface area contributed by atoms with Gasteiger partial charge in [-0.05, 0) is 42.9 Å². The fourth-order valence-corrected chi connectivity index (χ4v) is 4.22. The SMILES string of the molecule is O=S(=O)(CC1CCCCC1)NCCc1ccc(O)cc1. The lowest BCUT2D eigenvalue weighted by molar-refractivity contribution is 0.384. The first-order valence-corrected chi connectivity index (χ1v) is 8.96. The van der Waals surface area contributed by atoms with E-state index in [1.165, 1.54) is 6.42 Å². The van der Waals surface area contributed by atoms with E-state index in [4.69, 9.17) is 0 Å². The van der Waals surface area contributed by atoms with Crippen LogP contribution in [0.15, 0.2) is 24.3 Å². The van der Waals surface area contributed by atoms with Crippen LogP contribution in [0.5, 0.6) is 5.75 Å². The van der Waals surface area contributed by atoms with Gasteiger partial charge in [0.25, 0.3) is 0 Å². The lowest BCUT2D eigenvalue weighted by atomic mass is 9.91. The maximum Gasteiger partial charge on any atom is 0.211 e. The number of aromatic hydroxyl groups is 1. The molecule has 0 unspecified atom stereocenters. The molecule has 1 aromatic rings. The van der Waals surface area contributed by atoms with Crippen LogP contribution in [0, 0.1) is 5.92 Å². The third kappa shape index (κ3) is 5.13. The quantitative estimate of drug-likeness (QED) is 0.847. The van der Waals surface area contributed by atoms with Crippen molar-refractivity contribution in [1.82, 2.24) is 4.72 Å². The Hall–Kier alpha value is -1.07. The molecule has 0 radical (unpaired) electrons. The standard InChI is InChI=1S/C15H23NO3S/c17-15-8-6-13(7-9-15)10-11-16-20(18,19)12-14-4-2-1-3-5-14/h6-9,14,16-17H,1-5,10-12H2. The van der Waals surface area contributed by atoms with E-state index < -0.39 is 10.0 Å². The topological polar surface area (TPSA) is 66.4 Å². The minimum atomic E-state index is -3.16. The van der Waals surface area contributed by atoms with Crippen LogP contribution in [-0.4, -0.2) is 25.8 Å². The molecule has 1 saturated carbocycles. The number of sulfonamides is 1. The Morgan fingerprint density at radius 3 is 2.40 bits per heavy atom. The predicted octanol–water partition coefficient (Wildman–Crippen LogP) is 2.43. The summed E-state index contributed by atoms with van der Waals surface area (Å²) >= 11 is 0. The fourth-order valence-electron chi connectivity index (χ4n) is 2.74. The maximum atomic E-state index is 12.0. The second-order valence-corrected chi connectivity index (χ2v) is 7.45. The van der Waals surface area contributed by atoms with E-state index in [-0.39, 0.29) is 11.5 Å². The van der Waals surface area contributed by atoms with Gasteiger partial charge >= 0.3 is 0 Å².